The van der Waals surface area contributed by atoms with Crippen molar-refractivity contribution >= 4 is 21.7 Å². The molecule has 1 aliphatic heterocycles. The molecule has 32 heavy (non-hydrogen) atoms. The van der Waals surface area contributed by atoms with Crippen LogP contribution in [0.1, 0.15) is 22.3 Å². The molecule has 2 N–H and O–H groups in total. The second kappa shape index (κ2) is 9.10. The largest absolute Gasteiger partial charge is 0.334 e. The van der Waals surface area contributed by atoms with Crippen LogP contribution in [-0.4, -0.2) is 25.3 Å². The summed E-state index contributed by atoms with van der Waals surface area (Å²) in [6, 6.07) is 17.9. The van der Waals surface area contributed by atoms with Gasteiger partial charge in [-0.15, -0.1) is 0 Å². The van der Waals surface area contributed by atoms with Crippen molar-refractivity contribution in [2.45, 2.75) is 31.3 Å². The predicted octanol–water partition coefficient (Wildman–Crippen LogP) is 4.20. The Morgan fingerprint density at radius 2 is 1.72 bits per heavy atom. The van der Waals surface area contributed by atoms with Gasteiger partial charge < -0.3 is 10.6 Å². The fourth-order valence-electron chi connectivity index (χ4n) is 3.63. The van der Waals surface area contributed by atoms with Crippen molar-refractivity contribution in [2.24, 2.45) is 0 Å². The molecule has 4 rings (SSSR count). The van der Waals surface area contributed by atoms with E-state index in [1.54, 1.807) is 42.5 Å². The van der Waals surface area contributed by atoms with Gasteiger partial charge in [-0.05, 0) is 66.4 Å². The lowest BCUT2D eigenvalue weighted by molar-refractivity contribution is 0.251. The molecule has 0 atom stereocenters. The van der Waals surface area contributed by atoms with Crippen molar-refractivity contribution in [3.63, 3.8) is 0 Å². The smallest absolute Gasteiger partial charge is 0.319 e. The number of sulfonamides is 1. The average Bonchev–Trinajstić information content (AvgIpc) is 2.78. The molecule has 166 valence electrons. The number of nitrogens with one attached hydrogen (secondary N) is 2. The van der Waals surface area contributed by atoms with Crippen molar-refractivity contribution in [2.75, 3.05) is 11.9 Å². The van der Waals surface area contributed by atoms with Crippen LogP contribution in [-0.2, 0) is 29.5 Å². The molecule has 0 saturated carbocycles. The van der Waals surface area contributed by atoms with E-state index in [2.05, 4.69) is 10.6 Å². The average molecular weight is 454 g/mol. The molecular weight excluding hydrogens is 429 g/mol. The number of aryl methyl sites for hydroxylation is 1. The first-order valence-electron chi connectivity index (χ1n) is 10.3. The molecule has 0 fully saturated rings. The van der Waals surface area contributed by atoms with E-state index in [9.17, 15) is 17.6 Å². The minimum atomic E-state index is -3.59. The van der Waals surface area contributed by atoms with Crippen molar-refractivity contribution in [1.29, 1.82) is 0 Å². The lowest BCUT2D eigenvalue weighted by Crippen LogP contribution is -2.36. The molecule has 2 amide bonds. The Bertz CT molecular complexity index is 1230. The lowest BCUT2D eigenvalue weighted by atomic mass is 10.0. The van der Waals surface area contributed by atoms with Crippen molar-refractivity contribution in [1.82, 2.24) is 9.62 Å². The lowest BCUT2D eigenvalue weighted by Gasteiger charge is -2.28. The molecule has 0 aromatic heterocycles. The topological polar surface area (TPSA) is 78.5 Å². The number of anilines is 1. The van der Waals surface area contributed by atoms with Crippen LogP contribution in [0.2, 0.25) is 0 Å². The summed E-state index contributed by atoms with van der Waals surface area (Å²) in [5.74, 6) is -0.328. The van der Waals surface area contributed by atoms with Crippen LogP contribution < -0.4 is 10.6 Å². The van der Waals surface area contributed by atoms with Crippen LogP contribution >= 0.6 is 0 Å². The minimum absolute atomic E-state index is 0.248. The Balaban J connectivity index is 1.42. The third-order valence-electron chi connectivity index (χ3n) is 5.47. The van der Waals surface area contributed by atoms with Crippen molar-refractivity contribution in [3.05, 3.63) is 94.8 Å². The molecule has 0 unspecified atom stereocenters. The Morgan fingerprint density at radius 3 is 2.44 bits per heavy atom. The van der Waals surface area contributed by atoms with Gasteiger partial charge in [-0.1, -0.05) is 35.9 Å². The van der Waals surface area contributed by atoms with E-state index in [0.717, 1.165) is 22.3 Å². The number of nitrogens with zero attached hydrogens (tertiary/aromatic N) is 1. The summed E-state index contributed by atoms with van der Waals surface area (Å²) in [5, 5.41) is 5.50. The molecule has 0 bridgehead atoms. The monoisotopic (exact) mass is 453 g/mol. The number of benzene rings is 3. The number of carbonyl (C=O) groups excluding carboxylic acids is 1. The number of amides is 2. The number of carbonyl (C=O) groups is 1. The summed E-state index contributed by atoms with van der Waals surface area (Å²) in [4.78, 5) is 12.5. The first kappa shape index (κ1) is 22.0. The summed E-state index contributed by atoms with van der Waals surface area (Å²) in [5.41, 5.74) is 4.29. The third kappa shape index (κ3) is 4.98. The van der Waals surface area contributed by atoms with E-state index in [1.807, 2.05) is 19.1 Å². The van der Waals surface area contributed by atoms with Crippen LogP contribution in [0.25, 0.3) is 0 Å². The van der Waals surface area contributed by atoms with Crippen LogP contribution in [0, 0.1) is 12.7 Å². The highest BCUT2D eigenvalue weighted by Gasteiger charge is 2.28. The van der Waals surface area contributed by atoms with Gasteiger partial charge in [0.1, 0.15) is 5.82 Å². The van der Waals surface area contributed by atoms with Gasteiger partial charge in [-0.25, -0.2) is 17.6 Å². The predicted molar refractivity (Wildman–Crippen MR) is 121 cm³/mol. The number of hydrogen-bond donors (Lipinski definition) is 2. The third-order valence-corrected chi connectivity index (χ3v) is 7.33. The maximum absolute atomic E-state index is 13.0. The zero-order chi connectivity index (χ0) is 22.7. The van der Waals surface area contributed by atoms with E-state index in [0.29, 0.717) is 18.7 Å². The van der Waals surface area contributed by atoms with Gasteiger partial charge in [0.25, 0.3) is 0 Å². The van der Waals surface area contributed by atoms with Gasteiger partial charge in [-0.2, -0.15) is 4.31 Å². The zero-order valence-corrected chi connectivity index (χ0v) is 18.5. The Morgan fingerprint density at radius 1 is 1.00 bits per heavy atom. The van der Waals surface area contributed by atoms with Crippen LogP contribution in [0.5, 0.6) is 0 Å². The quantitative estimate of drug-likeness (QED) is 0.608. The Kier molecular flexibility index (Phi) is 6.25. The maximum Gasteiger partial charge on any atom is 0.319 e. The van der Waals surface area contributed by atoms with E-state index < -0.39 is 16.1 Å². The number of urea groups is 1. The fraction of sp³-hybridized carbons (Fsp3) is 0.208. The van der Waals surface area contributed by atoms with E-state index >= 15 is 0 Å². The molecule has 6 nitrogen and oxygen atoms in total. The van der Waals surface area contributed by atoms with Crippen LogP contribution in [0.4, 0.5) is 14.9 Å². The first-order valence-corrected chi connectivity index (χ1v) is 11.7. The van der Waals surface area contributed by atoms with Gasteiger partial charge >= 0.3 is 6.03 Å². The molecule has 0 saturated heterocycles. The standard InChI is InChI=1S/C24H24FN3O3S/c1-17-2-10-23(11-3-17)32(30,31)28-13-12-19-6-9-22(14-20(19)16-28)27-24(29)26-15-18-4-7-21(25)8-5-18/h2-11,14H,12-13,15-16H2,1H3,(H2,26,27,29). The molecule has 3 aromatic carbocycles. The summed E-state index contributed by atoms with van der Waals surface area (Å²) >= 11 is 0. The SMILES string of the molecule is Cc1ccc(S(=O)(=O)N2CCc3ccc(NC(=O)NCc4ccc(F)cc4)cc3C2)cc1. The van der Waals surface area contributed by atoms with Gasteiger partial charge in [-0.3, -0.25) is 0 Å². The normalized spacial score (nSPS) is 13.9. The van der Waals surface area contributed by atoms with Crippen molar-refractivity contribution < 1.29 is 17.6 Å². The molecule has 8 heteroatoms. The highest BCUT2D eigenvalue weighted by Crippen LogP contribution is 2.27. The van der Waals surface area contributed by atoms with Gasteiger partial charge in [0.2, 0.25) is 10.0 Å². The van der Waals surface area contributed by atoms with E-state index in [1.165, 1.54) is 16.4 Å². The van der Waals surface area contributed by atoms with Crippen LogP contribution in [0.15, 0.2) is 71.6 Å². The number of fused-ring (bicyclic) bond motifs is 1. The first-order chi connectivity index (χ1) is 15.3. The maximum atomic E-state index is 13.0. The highest BCUT2D eigenvalue weighted by atomic mass is 32.2. The second-order valence-corrected chi connectivity index (χ2v) is 9.76. The summed E-state index contributed by atoms with van der Waals surface area (Å²) in [6.45, 7) is 2.84. The number of rotatable bonds is 5. The van der Waals surface area contributed by atoms with Gasteiger partial charge in [0.05, 0.1) is 4.90 Å². The molecule has 1 aliphatic rings. The summed E-state index contributed by atoms with van der Waals surface area (Å²) < 4.78 is 40.5. The Hall–Kier alpha value is -3.23. The molecular formula is C24H24FN3O3S. The van der Waals surface area contributed by atoms with E-state index in [-0.39, 0.29) is 23.8 Å². The minimum Gasteiger partial charge on any atom is -0.334 e. The van der Waals surface area contributed by atoms with Gasteiger partial charge in [0, 0.05) is 25.3 Å². The molecule has 0 spiro atoms. The van der Waals surface area contributed by atoms with E-state index in [4.69, 9.17) is 0 Å². The fourth-order valence-corrected chi connectivity index (χ4v) is 5.05. The number of halogens is 1. The zero-order valence-electron chi connectivity index (χ0n) is 17.6. The van der Waals surface area contributed by atoms with Crippen molar-refractivity contribution in [3.8, 4) is 0 Å². The molecule has 0 radical (unpaired) electrons. The number of hydrogen-bond acceptors (Lipinski definition) is 3. The summed E-state index contributed by atoms with van der Waals surface area (Å²) in [6.07, 6.45) is 0.609. The molecule has 1 heterocycles. The second-order valence-electron chi connectivity index (χ2n) is 7.82. The van der Waals surface area contributed by atoms with Crippen LogP contribution in [0.3, 0.4) is 0 Å². The Labute approximate surface area is 187 Å². The summed E-state index contributed by atoms with van der Waals surface area (Å²) in [7, 11) is -3.59. The van der Waals surface area contributed by atoms with Gasteiger partial charge in [0.15, 0.2) is 0 Å². The highest BCUT2D eigenvalue weighted by molar-refractivity contribution is 7.89. The molecule has 0 aliphatic carbocycles. The molecule has 3 aromatic rings.